The average Bonchev–Trinajstić information content (AvgIpc) is 3.39. The zero-order valence-corrected chi connectivity index (χ0v) is 15.7. The molecule has 2 fully saturated rings. The van der Waals surface area contributed by atoms with Gasteiger partial charge in [-0.2, -0.15) is 0 Å². The molecule has 1 aliphatic carbocycles. The fourth-order valence-electron chi connectivity index (χ4n) is 3.76. The Morgan fingerprint density at radius 1 is 0.923 bits per heavy atom. The van der Waals surface area contributed by atoms with Crippen LogP contribution in [-0.4, -0.2) is 29.6 Å². The zero-order chi connectivity index (χ0) is 17.8. The number of likely N-dealkylation sites (tertiary alicyclic amines) is 1. The first-order valence-electron chi connectivity index (χ1n) is 9.23. The molecule has 1 aliphatic heterocycles. The van der Waals surface area contributed by atoms with Crippen molar-refractivity contribution in [1.82, 2.24) is 4.90 Å². The average molecular weight is 360 g/mol. The van der Waals surface area contributed by atoms with E-state index in [9.17, 15) is 4.79 Å². The maximum atomic E-state index is 12.9. The molecule has 2 aromatic rings. The van der Waals surface area contributed by atoms with Crippen LogP contribution in [0.2, 0.25) is 0 Å². The molecular weight excluding hydrogens is 337 g/mol. The third kappa shape index (κ3) is 3.86. The van der Waals surface area contributed by atoms with Gasteiger partial charge in [-0.05, 0) is 63.2 Å². The van der Waals surface area contributed by atoms with Crippen LogP contribution in [0.5, 0.6) is 0 Å². The highest BCUT2D eigenvalue weighted by Crippen LogP contribution is 2.39. The van der Waals surface area contributed by atoms with Gasteiger partial charge in [-0.25, -0.2) is 0 Å². The highest BCUT2D eigenvalue weighted by Gasteiger charge is 2.36. The van der Waals surface area contributed by atoms with E-state index in [4.69, 9.17) is 0 Å². The molecule has 5 radical (unpaired) electrons. The van der Waals surface area contributed by atoms with E-state index in [1.165, 1.54) is 10.6 Å². The van der Waals surface area contributed by atoms with Gasteiger partial charge in [-0.1, -0.05) is 60.7 Å². The molecule has 26 heavy (non-hydrogen) atoms. The zero-order valence-electron chi connectivity index (χ0n) is 14.8. The van der Waals surface area contributed by atoms with E-state index in [-0.39, 0.29) is 5.91 Å². The lowest BCUT2D eigenvalue weighted by atomic mass is 10.1. The summed E-state index contributed by atoms with van der Waals surface area (Å²) >= 11 is 0. The summed E-state index contributed by atoms with van der Waals surface area (Å²) in [6, 6.07) is 21.9. The Labute approximate surface area is 158 Å². The van der Waals surface area contributed by atoms with Crippen LogP contribution in [0.3, 0.4) is 0 Å². The molecule has 1 amide bonds. The van der Waals surface area contributed by atoms with Crippen LogP contribution >= 0.6 is 7.92 Å². The number of amides is 1. The lowest BCUT2D eigenvalue weighted by Crippen LogP contribution is -2.41. The van der Waals surface area contributed by atoms with Crippen LogP contribution in [0.1, 0.15) is 12.8 Å². The Hall–Kier alpha value is -1.66. The molecule has 0 unspecified atom stereocenters. The predicted molar refractivity (Wildman–Crippen MR) is 109 cm³/mol. The number of hydrogen-bond acceptors (Lipinski definition) is 1. The summed E-state index contributed by atoms with van der Waals surface area (Å²) in [5, 5.41) is 2.78. The highest BCUT2D eigenvalue weighted by molar-refractivity contribution is 7.73. The quantitative estimate of drug-likeness (QED) is 0.747. The van der Waals surface area contributed by atoms with Crippen LogP contribution in [0.4, 0.5) is 0 Å². The Kier molecular flexibility index (Phi) is 5.70. The number of rotatable bonds is 5. The number of carbonyl (C=O) groups is 1. The van der Waals surface area contributed by atoms with Gasteiger partial charge in [0.05, 0.1) is 5.92 Å². The fraction of sp³-hybridized carbons (Fsp3) is 0.217. The van der Waals surface area contributed by atoms with Crippen molar-refractivity contribution in [2.75, 3.05) is 12.7 Å². The summed E-state index contributed by atoms with van der Waals surface area (Å²) in [5.74, 6) is 1.01. The minimum atomic E-state index is -0.465. The molecule has 1 atom stereocenters. The maximum Gasteiger partial charge on any atom is 0.230 e. The summed E-state index contributed by atoms with van der Waals surface area (Å²) < 4.78 is 0. The predicted octanol–water partition coefficient (Wildman–Crippen LogP) is 3.52. The Morgan fingerprint density at radius 3 is 2.08 bits per heavy atom. The van der Waals surface area contributed by atoms with E-state index in [1.807, 2.05) is 25.7 Å². The second-order valence-electron chi connectivity index (χ2n) is 6.75. The van der Waals surface area contributed by atoms with Gasteiger partial charge in [0.15, 0.2) is 0 Å². The molecule has 2 nitrogen and oxygen atoms in total. The van der Waals surface area contributed by atoms with Crippen LogP contribution < -0.4 is 10.6 Å². The second-order valence-corrected chi connectivity index (χ2v) is 9.00. The lowest BCUT2D eigenvalue weighted by molar-refractivity contribution is -0.128. The summed E-state index contributed by atoms with van der Waals surface area (Å²) in [6.07, 6.45) is 11.0. The van der Waals surface area contributed by atoms with Crippen molar-refractivity contribution in [3.63, 3.8) is 0 Å². The van der Waals surface area contributed by atoms with Gasteiger partial charge in [0.1, 0.15) is 0 Å². The van der Waals surface area contributed by atoms with E-state index in [1.54, 1.807) is 0 Å². The number of carbonyl (C=O) groups excluding carboxylic acids is 1. The molecule has 0 aromatic heterocycles. The Morgan fingerprint density at radius 2 is 1.50 bits per heavy atom. The normalized spacial score (nSPS) is 20.8. The smallest absolute Gasteiger partial charge is 0.230 e. The minimum Gasteiger partial charge on any atom is -0.339 e. The van der Waals surface area contributed by atoms with Crippen molar-refractivity contribution < 1.29 is 4.79 Å². The Balaban J connectivity index is 1.56. The largest absolute Gasteiger partial charge is 0.339 e. The van der Waals surface area contributed by atoms with Crippen molar-refractivity contribution in [1.29, 1.82) is 0 Å². The lowest BCUT2D eigenvalue weighted by Gasteiger charge is -2.30. The molecule has 131 valence electrons. The van der Waals surface area contributed by atoms with E-state index in [0.29, 0.717) is 6.04 Å². The number of nitrogens with zero attached hydrogens (tertiary/aromatic N) is 1. The molecule has 0 bridgehead atoms. The summed E-state index contributed by atoms with van der Waals surface area (Å²) in [6.45, 7) is 0.876. The summed E-state index contributed by atoms with van der Waals surface area (Å²) in [7, 11) is -0.465. The van der Waals surface area contributed by atoms with E-state index in [0.717, 1.165) is 31.5 Å². The summed E-state index contributed by atoms with van der Waals surface area (Å²) in [4.78, 5) is 15.0. The molecule has 1 saturated carbocycles. The van der Waals surface area contributed by atoms with Crippen molar-refractivity contribution in [3.8, 4) is 0 Å². The molecule has 1 saturated heterocycles. The van der Waals surface area contributed by atoms with Crippen LogP contribution in [-0.2, 0) is 4.79 Å². The van der Waals surface area contributed by atoms with E-state index < -0.39 is 7.92 Å². The van der Waals surface area contributed by atoms with E-state index in [2.05, 4.69) is 65.6 Å². The van der Waals surface area contributed by atoms with Gasteiger partial charge in [-0.3, -0.25) is 4.79 Å². The first-order chi connectivity index (χ1) is 12.8. The van der Waals surface area contributed by atoms with Gasteiger partial charge in [0, 0.05) is 12.6 Å². The van der Waals surface area contributed by atoms with Crippen LogP contribution in [0.25, 0.3) is 0 Å². The van der Waals surface area contributed by atoms with Crippen molar-refractivity contribution in [2.24, 2.45) is 0 Å². The van der Waals surface area contributed by atoms with Crippen LogP contribution in [0.15, 0.2) is 60.7 Å². The number of hydrogen-bond donors (Lipinski definition) is 0. The third-order valence-electron chi connectivity index (χ3n) is 5.08. The first kappa shape index (κ1) is 17.7. The molecule has 2 aliphatic rings. The number of benzene rings is 2. The van der Waals surface area contributed by atoms with Gasteiger partial charge >= 0.3 is 0 Å². The standard InChI is InChI=1S/C23H23NOP/c25-23(19-10-7-8-11-19)24-17-9-12-20(24)18-26(21-13-3-1-4-14-21)22-15-5-2-6-16-22/h1-8,10-11,13-16,20H,9,12,17-18H2/t20-/m0/s1. The fourth-order valence-corrected chi connectivity index (χ4v) is 6.35. The first-order valence-corrected chi connectivity index (χ1v) is 10.8. The van der Waals surface area contributed by atoms with Crippen molar-refractivity contribution in [2.45, 2.75) is 18.9 Å². The highest BCUT2D eigenvalue weighted by atomic mass is 31.1. The van der Waals surface area contributed by atoms with Crippen molar-refractivity contribution >= 4 is 24.4 Å². The molecule has 2 aromatic carbocycles. The second kappa shape index (κ2) is 8.35. The topological polar surface area (TPSA) is 20.3 Å². The molecule has 3 heteroatoms. The van der Waals surface area contributed by atoms with Crippen LogP contribution in [0, 0.1) is 31.6 Å². The maximum absolute atomic E-state index is 12.9. The molecule has 0 N–H and O–H groups in total. The van der Waals surface area contributed by atoms with Gasteiger partial charge in [0.2, 0.25) is 5.91 Å². The Bertz CT molecular complexity index is 672. The molecule has 4 rings (SSSR count). The van der Waals surface area contributed by atoms with E-state index >= 15 is 0 Å². The molecule has 0 spiro atoms. The molecular formula is C23H23NOP. The minimum absolute atomic E-state index is 0.188. The van der Waals surface area contributed by atoms with Crippen molar-refractivity contribution in [3.05, 3.63) is 92.3 Å². The van der Waals surface area contributed by atoms with Gasteiger partial charge < -0.3 is 4.90 Å². The summed E-state index contributed by atoms with van der Waals surface area (Å²) in [5.41, 5.74) is 0. The molecule has 1 heterocycles. The third-order valence-corrected chi connectivity index (χ3v) is 7.71. The van der Waals surface area contributed by atoms with Gasteiger partial charge in [0.25, 0.3) is 0 Å². The monoisotopic (exact) mass is 360 g/mol. The van der Waals surface area contributed by atoms with Gasteiger partial charge in [-0.15, -0.1) is 0 Å². The SMILES string of the molecule is O=C([C]1[CH][CH][CH][CH]1)N1CCC[C@H]1CP(c1ccccc1)c1ccccc1.